The molecule has 116 valence electrons. The summed E-state index contributed by atoms with van der Waals surface area (Å²) >= 11 is 0. The summed E-state index contributed by atoms with van der Waals surface area (Å²) in [5, 5.41) is 2.89. The Morgan fingerprint density at radius 1 is 1.33 bits per heavy atom. The second-order valence-corrected chi connectivity index (χ2v) is 5.89. The summed E-state index contributed by atoms with van der Waals surface area (Å²) < 4.78 is 5.47. The van der Waals surface area contributed by atoms with E-state index in [4.69, 9.17) is 4.74 Å². The van der Waals surface area contributed by atoms with E-state index in [0.29, 0.717) is 32.5 Å². The Labute approximate surface area is 123 Å². The Bertz CT molecular complexity index is 454. The number of fused-ring (bicyclic) bond motifs is 1. The van der Waals surface area contributed by atoms with Gasteiger partial charge in [0.05, 0.1) is 12.1 Å². The largest absolute Gasteiger partial charge is 0.366 e. The molecule has 0 aromatic heterocycles. The first-order valence-corrected chi connectivity index (χ1v) is 7.60. The van der Waals surface area contributed by atoms with Crippen LogP contribution in [-0.2, 0) is 19.1 Å². The topological polar surface area (TPSA) is 79.0 Å². The van der Waals surface area contributed by atoms with Gasteiger partial charge in [0.2, 0.25) is 17.7 Å². The van der Waals surface area contributed by atoms with E-state index in [9.17, 15) is 14.4 Å². The zero-order valence-electron chi connectivity index (χ0n) is 12.0. The Morgan fingerprint density at radius 3 is 2.95 bits per heavy atom. The van der Waals surface area contributed by atoms with Crippen LogP contribution in [0.25, 0.3) is 0 Å². The molecule has 3 aliphatic heterocycles. The van der Waals surface area contributed by atoms with Gasteiger partial charge in [-0.05, 0) is 12.8 Å². The van der Waals surface area contributed by atoms with E-state index < -0.39 is 0 Å². The van der Waals surface area contributed by atoms with Crippen molar-refractivity contribution in [3.8, 4) is 0 Å². The van der Waals surface area contributed by atoms with Crippen LogP contribution in [0.1, 0.15) is 25.7 Å². The lowest BCUT2D eigenvalue weighted by molar-refractivity contribution is -0.146. The molecule has 0 bridgehead atoms. The van der Waals surface area contributed by atoms with Crippen LogP contribution >= 0.6 is 0 Å². The predicted molar refractivity (Wildman–Crippen MR) is 73.3 cm³/mol. The first-order valence-electron chi connectivity index (χ1n) is 7.60. The molecule has 3 amide bonds. The highest BCUT2D eigenvalue weighted by atomic mass is 16.5. The first-order chi connectivity index (χ1) is 10.1. The first kappa shape index (κ1) is 14.3. The molecule has 3 heterocycles. The second-order valence-electron chi connectivity index (χ2n) is 5.89. The Morgan fingerprint density at radius 2 is 2.19 bits per heavy atom. The molecule has 0 unspecified atom stereocenters. The number of ether oxygens (including phenoxy) is 1. The van der Waals surface area contributed by atoms with Gasteiger partial charge < -0.3 is 19.9 Å². The standard InChI is InChI=1S/C14H21N3O4/c18-12-9-21-11-3-6-17(8-10(11)15-12)14(20)4-7-16-5-1-2-13(16)19/h10-11H,1-9H2,(H,15,18)/t10-,11+/m0/s1. The molecular formula is C14H21N3O4. The molecular weight excluding hydrogens is 274 g/mol. The van der Waals surface area contributed by atoms with Crippen LogP contribution < -0.4 is 5.32 Å². The third-order valence-electron chi connectivity index (χ3n) is 4.44. The Hall–Kier alpha value is -1.63. The average molecular weight is 295 g/mol. The molecule has 0 aromatic carbocycles. The monoisotopic (exact) mass is 295 g/mol. The van der Waals surface area contributed by atoms with Crippen molar-refractivity contribution in [2.45, 2.75) is 37.8 Å². The molecule has 0 aromatic rings. The van der Waals surface area contributed by atoms with E-state index in [0.717, 1.165) is 19.4 Å². The molecule has 21 heavy (non-hydrogen) atoms. The Kier molecular flexibility index (Phi) is 4.10. The van der Waals surface area contributed by atoms with Crippen molar-refractivity contribution in [2.24, 2.45) is 0 Å². The van der Waals surface area contributed by atoms with Crippen molar-refractivity contribution in [3.63, 3.8) is 0 Å². The van der Waals surface area contributed by atoms with Gasteiger partial charge in [0.25, 0.3) is 0 Å². The van der Waals surface area contributed by atoms with Crippen LogP contribution in [0.5, 0.6) is 0 Å². The smallest absolute Gasteiger partial charge is 0.246 e. The highest BCUT2D eigenvalue weighted by Gasteiger charge is 2.36. The summed E-state index contributed by atoms with van der Waals surface area (Å²) in [5.74, 6) is 0.0793. The van der Waals surface area contributed by atoms with E-state index in [2.05, 4.69) is 5.32 Å². The van der Waals surface area contributed by atoms with E-state index in [1.807, 2.05) is 0 Å². The molecule has 0 radical (unpaired) electrons. The van der Waals surface area contributed by atoms with Gasteiger partial charge in [-0.15, -0.1) is 0 Å². The van der Waals surface area contributed by atoms with Crippen molar-refractivity contribution in [1.29, 1.82) is 0 Å². The number of nitrogens with one attached hydrogen (secondary N) is 1. The van der Waals surface area contributed by atoms with Crippen molar-refractivity contribution in [3.05, 3.63) is 0 Å². The van der Waals surface area contributed by atoms with Gasteiger partial charge in [-0.2, -0.15) is 0 Å². The van der Waals surface area contributed by atoms with Gasteiger partial charge in [-0.25, -0.2) is 0 Å². The van der Waals surface area contributed by atoms with Gasteiger partial charge in [-0.1, -0.05) is 0 Å². The normalized spacial score (nSPS) is 29.3. The summed E-state index contributed by atoms with van der Waals surface area (Å²) in [7, 11) is 0. The highest BCUT2D eigenvalue weighted by molar-refractivity contribution is 5.81. The second kappa shape index (κ2) is 6.01. The van der Waals surface area contributed by atoms with Crippen LogP contribution in [-0.4, -0.2) is 72.5 Å². The van der Waals surface area contributed by atoms with E-state index in [1.165, 1.54) is 0 Å². The summed E-state index contributed by atoms with van der Waals surface area (Å²) in [5.41, 5.74) is 0. The lowest BCUT2D eigenvalue weighted by Crippen LogP contribution is -2.61. The fraction of sp³-hybridized carbons (Fsp3) is 0.786. The van der Waals surface area contributed by atoms with Gasteiger partial charge in [0.1, 0.15) is 6.61 Å². The highest BCUT2D eigenvalue weighted by Crippen LogP contribution is 2.18. The van der Waals surface area contributed by atoms with Crippen LogP contribution in [0.4, 0.5) is 0 Å². The molecule has 0 aliphatic carbocycles. The molecule has 3 fully saturated rings. The van der Waals surface area contributed by atoms with Gasteiger partial charge in [0, 0.05) is 39.0 Å². The molecule has 2 atom stereocenters. The summed E-state index contributed by atoms with van der Waals surface area (Å²) in [4.78, 5) is 38.7. The number of nitrogens with zero attached hydrogens (tertiary/aromatic N) is 2. The number of carbonyl (C=O) groups excluding carboxylic acids is 3. The van der Waals surface area contributed by atoms with Crippen molar-refractivity contribution in [1.82, 2.24) is 15.1 Å². The maximum Gasteiger partial charge on any atom is 0.246 e. The Balaban J connectivity index is 1.49. The summed E-state index contributed by atoms with van der Waals surface area (Å²) in [6, 6.07) is -0.0997. The zero-order valence-corrected chi connectivity index (χ0v) is 12.0. The van der Waals surface area contributed by atoms with Gasteiger partial charge >= 0.3 is 0 Å². The predicted octanol–water partition coefficient (Wildman–Crippen LogP) is -0.885. The number of amides is 3. The van der Waals surface area contributed by atoms with Crippen molar-refractivity contribution in [2.75, 3.05) is 32.8 Å². The minimum absolute atomic E-state index is 0.0203. The summed E-state index contributed by atoms with van der Waals surface area (Å²) in [6.45, 7) is 2.55. The van der Waals surface area contributed by atoms with Crippen LogP contribution in [0.3, 0.4) is 0 Å². The minimum Gasteiger partial charge on any atom is -0.366 e. The number of hydrogen-bond donors (Lipinski definition) is 1. The van der Waals surface area contributed by atoms with E-state index in [-0.39, 0.29) is 36.5 Å². The van der Waals surface area contributed by atoms with Crippen LogP contribution in [0, 0.1) is 0 Å². The molecule has 3 aliphatic rings. The van der Waals surface area contributed by atoms with Crippen molar-refractivity contribution < 1.29 is 19.1 Å². The zero-order chi connectivity index (χ0) is 14.8. The fourth-order valence-corrected chi connectivity index (χ4v) is 3.26. The number of rotatable bonds is 3. The number of morpholine rings is 1. The van der Waals surface area contributed by atoms with Crippen molar-refractivity contribution >= 4 is 17.7 Å². The molecule has 0 saturated carbocycles. The quantitative estimate of drug-likeness (QED) is 0.733. The number of carbonyl (C=O) groups is 3. The molecule has 3 rings (SSSR count). The lowest BCUT2D eigenvalue weighted by Gasteiger charge is -2.41. The maximum atomic E-state index is 12.3. The molecule has 7 heteroatoms. The molecule has 7 nitrogen and oxygen atoms in total. The van der Waals surface area contributed by atoms with E-state index in [1.54, 1.807) is 9.80 Å². The number of hydrogen-bond acceptors (Lipinski definition) is 4. The lowest BCUT2D eigenvalue weighted by atomic mass is 10.00. The fourth-order valence-electron chi connectivity index (χ4n) is 3.26. The summed E-state index contributed by atoms with van der Waals surface area (Å²) in [6.07, 6.45) is 2.62. The third kappa shape index (κ3) is 3.18. The van der Waals surface area contributed by atoms with Crippen LogP contribution in [0.15, 0.2) is 0 Å². The SMILES string of the molecule is O=C1CO[C@@H]2CCN(C(=O)CCN3CCCC3=O)C[C@@H]2N1. The molecule has 0 spiro atoms. The van der Waals surface area contributed by atoms with Crippen LogP contribution in [0.2, 0.25) is 0 Å². The number of piperidine rings is 1. The van der Waals surface area contributed by atoms with Gasteiger partial charge in [-0.3, -0.25) is 14.4 Å². The average Bonchev–Trinajstić information content (AvgIpc) is 2.89. The van der Waals surface area contributed by atoms with Gasteiger partial charge in [0.15, 0.2) is 0 Å². The molecule has 3 saturated heterocycles. The number of likely N-dealkylation sites (tertiary alicyclic amines) is 2. The minimum atomic E-state index is -0.117. The molecule has 1 N–H and O–H groups in total. The third-order valence-corrected chi connectivity index (χ3v) is 4.44. The maximum absolute atomic E-state index is 12.3. The van der Waals surface area contributed by atoms with E-state index >= 15 is 0 Å².